The van der Waals surface area contributed by atoms with E-state index >= 15 is 0 Å². The monoisotopic (exact) mass is 288 g/mol. The predicted octanol–water partition coefficient (Wildman–Crippen LogP) is 1.50. The van der Waals surface area contributed by atoms with Gasteiger partial charge in [0.15, 0.2) is 5.82 Å². The van der Waals surface area contributed by atoms with Crippen LogP contribution in [0, 0.1) is 16.0 Å². The lowest BCUT2D eigenvalue weighted by Crippen LogP contribution is -2.27. The van der Waals surface area contributed by atoms with Gasteiger partial charge in [0.05, 0.1) is 17.4 Å². The molecule has 8 heteroatoms. The van der Waals surface area contributed by atoms with Crippen molar-refractivity contribution < 1.29 is 14.8 Å². The van der Waals surface area contributed by atoms with E-state index in [4.69, 9.17) is 5.11 Å². The van der Waals surface area contributed by atoms with Gasteiger partial charge in [-0.2, -0.15) is 5.10 Å². The highest BCUT2D eigenvalue weighted by Gasteiger charge is 2.26. The third kappa shape index (κ3) is 2.47. The molecule has 1 aromatic carbocycles. The number of aryl methyl sites for hydroxylation is 1. The van der Waals surface area contributed by atoms with Gasteiger partial charge in [-0.05, 0) is 6.42 Å². The number of hydrogen-bond donors (Lipinski definition) is 1. The Morgan fingerprint density at radius 3 is 3.00 bits per heavy atom. The largest absolute Gasteiger partial charge is 0.481 e. The van der Waals surface area contributed by atoms with E-state index in [1.165, 1.54) is 12.1 Å². The third-order valence-electron chi connectivity index (χ3n) is 3.52. The Bertz CT molecular complexity index is 725. The number of non-ortho nitro benzene ring substituents is 1. The van der Waals surface area contributed by atoms with E-state index in [1.54, 1.807) is 16.8 Å². The van der Waals surface area contributed by atoms with Crippen LogP contribution in [0.1, 0.15) is 12.2 Å². The van der Waals surface area contributed by atoms with Crippen LogP contribution in [-0.4, -0.2) is 30.8 Å². The van der Waals surface area contributed by atoms with Gasteiger partial charge < -0.3 is 5.11 Å². The summed E-state index contributed by atoms with van der Waals surface area (Å²) < 4.78 is 1.58. The van der Waals surface area contributed by atoms with E-state index in [1.807, 2.05) is 0 Å². The van der Waals surface area contributed by atoms with Crippen LogP contribution >= 0.6 is 0 Å². The number of carbonyl (C=O) groups is 1. The zero-order valence-corrected chi connectivity index (χ0v) is 11.0. The van der Waals surface area contributed by atoms with Crippen LogP contribution in [0.5, 0.6) is 0 Å². The number of hydrogen-bond acceptors (Lipinski definition) is 5. The molecule has 1 N–H and O–H groups in total. The number of aliphatic carboxylic acids is 1. The average molecular weight is 288 g/mol. The van der Waals surface area contributed by atoms with Crippen LogP contribution < -0.4 is 0 Å². The molecule has 0 saturated heterocycles. The summed E-state index contributed by atoms with van der Waals surface area (Å²) in [7, 11) is 0. The highest BCUT2D eigenvalue weighted by atomic mass is 16.6. The summed E-state index contributed by atoms with van der Waals surface area (Å²) in [5.41, 5.74) is 0.529. The summed E-state index contributed by atoms with van der Waals surface area (Å²) in [5.74, 6) is -0.195. The fraction of sp³-hybridized carbons (Fsp3) is 0.308. The number of nitrogens with zero attached hydrogens (tertiary/aromatic N) is 4. The second-order valence-corrected chi connectivity index (χ2v) is 4.92. The normalized spacial score (nSPS) is 17.2. The SMILES string of the molecule is O=C(O)C1CCc2nc(-c3cccc([N+](=O)[O-])c3)nn2C1. The lowest BCUT2D eigenvalue weighted by Gasteiger charge is -2.18. The van der Waals surface area contributed by atoms with E-state index in [-0.39, 0.29) is 12.2 Å². The summed E-state index contributed by atoms with van der Waals surface area (Å²) in [5, 5.41) is 24.1. The maximum atomic E-state index is 11.0. The highest BCUT2D eigenvalue weighted by molar-refractivity contribution is 5.70. The van der Waals surface area contributed by atoms with Gasteiger partial charge in [-0.25, -0.2) is 9.67 Å². The molecule has 1 aromatic heterocycles. The summed E-state index contributed by atoms with van der Waals surface area (Å²) in [4.78, 5) is 25.7. The molecule has 0 saturated carbocycles. The molecule has 0 amide bonds. The number of nitro benzene ring substituents is 1. The molecular formula is C13H12N4O4. The van der Waals surface area contributed by atoms with E-state index in [0.717, 1.165) is 0 Å². The number of benzene rings is 1. The second kappa shape index (κ2) is 4.97. The third-order valence-corrected chi connectivity index (χ3v) is 3.52. The molecule has 1 aliphatic heterocycles. The van der Waals surface area contributed by atoms with Crippen LogP contribution in [0.3, 0.4) is 0 Å². The fourth-order valence-electron chi connectivity index (χ4n) is 2.39. The average Bonchev–Trinajstić information content (AvgIpc) is 2.90. The first-order valence-corrected chi connectivity index (χ1v) is 6.46. The van der Waals surface area contributed by atoms with Gasteiger partial charge in [0.25, 0.3) is 5.69 Å². The standard InChI is InChI=1S/C13H12N4O4/c18-13(19)9-4-5-11-14-12(15-16(11)7-9)8-2-1-3-10(6-8)17(20)21/h1-3,6,9H,4-5,7H2,(H,18,19). The quantitative estimate of drug-likeness (QED) is 0.676. The number of nitro groups is 1. The lowest BCUT2D eigenvalue weighted by molar-refractivity contribution is -0.384. The molecule has 3 rings (SSSR count). The zero-order valence-electron chi connectivity index (χ0n) is 11.0. The Labute approximate surface area is 119 Å². The molecule has 0 fully saturated rings. The predicted molar refractivity (Wildman–Crippen MR) is 71.6 cm³/mol. The van der Waals surface area contributed by atoms with Crippen molar-refractivity contribution in [3.8, 4) is 11.4 Å². The summed E-state index contributed by atoms with van der Waals surface area (Å²) in [6.07, 6.45) is 1.07. The van der Waals surface area contributed by atoms with E-state index < -0.39 is 16.8 Å². The summed E-state index contributed by atoms with van der Waals surface area (Å²) in [6, 6.07) is 6.09. The van der Waals surface area contributed by atoms with Gasteiger partial charge in [-0.3, -0.25) is 14.9 Å². The Morgan fingerprint density at radius 1 is 1.48 bits per heavy atom. The number of fused-ring (bicyclic) bond motifs is 1. The first-order chi connectivity index (χ1) is 10.0. The number of rotatable bonds is 3. The molecule has 0 radical (unpaired) electrons. The minimum atomic E-state index is -0.840. The second-order valence-electron chi connectivity index (χ2n) is 4.92. The topological polar surface area (TPSA) is 111 Å². The first kappa shape index (κ1) is 13.2. The molecule has 108 valence electrons. The molecule has 21 heavy (non-hydrogen) atoms. The van der Waals surface area contributed by atoms with Crippen molar-refractivity contribution in [2.75, 3.05) is 0 Å². The van der Waals surface area contributed by atoms with Crippen molar-refractivity contribution in [3.05, 3.63) is 40.2 Å². The van der Waals surface area contributed by atoms with Crippen LogP contribution in [0.15, 0.2) is 24.3 Å². The van der Waals surface area contributed by atoms with Crippen molar-refractivity contribution in [2.45, 2.75) is 19.4 Å². The van der Waals surface area contributed by atoms with Gasteiger partial charge in [0.1, 0.15) is 5.82 Å². The van der Waals surface area contributed by atoms with Crippen molar-refractivity contribution in [2.24, 2.45) is 5.92 Å². The van der Waals surface area contributed by atoms with Gasteiger partial charge in [-0.15, -0.1) is 0 Å². The molecule has 0 spiro atoms. The molecule has 8 nitrogen and oxygen atoms in total. The first-order valence-electron chi connectivity index (χ1n) is 6.46. The minimum Gasteiger partial charge on any atom is -0.481 e. The minimum absolute atomic E-state index is 0.0244. The molecule has 1 unspecified atom stereocenters. The van der Waals surface area contributed by atoms with Crippen LogP contribution in [0.2, 0.25) is 0 Å². The number of carboxylic acids is 1. The van der Waals surface area contributed by atoms with Crippen molar-refractivity contribution in [1.29, 1.82) is 0 Å². The maximum absolute atomic E-state index is 11.0. The Morgan fingerprint density at radius 2 is 2.29 bits per heavy atom. The molecular weight excluding hydrogens is 276 g/mol. The van der Waals surface area contributed by atoms with Crippen molar-refractivity contribution in [3.63, 3.8) is 0 Å². The number of carboxylic acid groups (broad SMARTS) is 1. The molecule has 0 bridgehead atoms. The highest BCUT2D eigenvalue weighted by Crippen LogP contribution is 2.24. The Kier molecular flexibility index (Phi) is 3.13. The van der Waals surface area contributed by atoms with E-state index in [9.17, 15) is 14.9 Å². The molecule has 1 aliphatic rings. The van der Waals surface area contributed by atoms with Crippen molar-refractivity contribution in [1.82, 2.24) is 14.8 Å². The van der Waals surface area contributed by atoms with Gasteiger partial charge in [0, 0.05) is 24.1 Å². The zero-order chi connectivity index (χ0) is 15.0. The van der Waals surface area contributed by atoms with Gasteiger partial charge in [0.2, 0.25) is 0 Å². The number of aromatic nitrogens is 3. The Hall–Kier alpha value is -2.77. The summed E-state index contributed by atoms with van der Waals surface area (Å²) in [6.45, 7) is 0.284. The van der Waals surface area contributed by atoms with Crippen LogP contribution in [0.4, 0.5) is 5.69 Å². The van der Waals surface area contributed by atoms with Gasteiger partial charge >= 0.3 is 5.97 Å². The Balaban J connectivity index is 1.93. The fourth-order valence-corrected chi connectivity index (χ4v) is 2.39. The molecule has 2 aromatic rings. The maximum Gasteiger partial charge on any atom is 0.308 e. The van der Waals surface area contributed by atoms with Crippen LogP contribution in [0.25, 0.3) is 11.4 Å². The van der Waals surface area contributed by atoms with E-state index in [0.29, 0.717) is 30.1 Å². The smallest absolute Gasteiger partial charge is 0.308 e. The van der Waals surface area contributed by atoms with E-state index in [2.05, 4.69) is 10.1 Å². The summed E-state index contributed by atoms with van der Waals surface area (Å²) >= 11 is 0. The van der Waals surface area contributed by atoms with Crippen molar-refractivity contribution >= 4 is 11.7 Å². The molecule has 0 aliphatic carbocycles. The molecule has 2 heterocycles. The molecule has 1 atom stereocenters. The van der Waals surface area contributed by atoms with Crippen LogP contribution in [-0.2, 0) is 17.8 Å². The van der Waals surface area contributed by atoms with Gasteiger partial charge in [-0.1, -0.05) is 12.1 Å². The lowest BCUT2D eigenvalue weighted by atomic mass is 10.0.